The van der Waals surface area contributed by atoms with Gasteiger partial charge in [0, 0.05) is 24.9 Å². The molecule has 0 spiro atoms. The van der Waals surface area contributed by atoms with E-state index in [-0.39, 0.29) is 11.8 Å². The number of pyridine rings is 1. The zero-order valence-electron chi connectivity index (χ0n) is 8.23. The minimum Gasteiger partial charge on any atom is -0.352 e. The number of aromatic nitrogens is 1. The maximum absolute atomic E-state index is 11.5. The molecule has 1 saturated carbocycles. The predicted molar refractivity (Wildman–Crippen MR) is 53.4 cm³/mol. The van der Waals surface area contributed by atoms with E-state index in [0.717, 1.165) is 12.0 Å². The van der Waals surface area contributed by atoms with Gasteiger partial charge in [0.05, 0.1) is 0 Å². The molecule has 0 aliphatic heterocycles. The highest BCUT2D eigenvalue weighted by atomic mass is 16.2. The summed E-state index contributed by atoms with van der Waals surface area (Å²) in [6.45, 7) is 2.72. The first-order valence-corrected chi connectivity index (χ1v) is 4.94. The largest absolute Gasteiger partial charge is 0.352 e. The second-order valence-corrected chi connectivity index (χ2v) is 3.89. The summed E-state index contributed by atoms with van der Waals surface area (Å²) in [6.07, 6.45) is 4.52. The van der Waals surface area contributed by atoms with E-state index < -0.39 is 0 Å². The van der Waals surface area contributed by atoms with Gasteiger partial charge in [-0.2, -0.15) is 0 Å². The van der Waals surface area contributed by atoms with Crippen molar-refractivity contribution in [1.82, 2.24) is 10.3 Å². The lowest BCUT2D eigenvalue weighted by molar-refractivity contribution is -0.122. The fraction of sp³-hybridized carbons (Fsp3) is 0.455. The first-order chi connectivity index (χ1) is 6.77. The van der Waals surface area contributed by atoms with Crippen LogP contribution in [0, 0.1) is 11.8 Å². The zero-order valence-corrected chi connectivity index (χ0v) is 8.23. The molecule has 3 nitrogen and oxygen atoms in total. The normalized spacial score (nSPS) is 24.4. The van der Waals surface area contributed by atoms with Crippen LogP contribution in [0.1, 0.15) is 18.9 Å². The summed E-state index contributed by atoms with van der Waals surface area (Å²) in [4.78, 5) is 15.4. The van der Waals surface area contributed by atoms with Crippen molar-refractivity contribution in [2.24, 2.45) is 11.8 Å². The third-order valence-corrected chi connectivity index (χ3v) is 2.66. The van der Waals surface area contributed by atoms with E-state index in [9.17, 15) is 4.79 Å². The van der Waals surface area contributed by atoms with Crippen molar-refractivity contribution in [2.45, 2.75) is 19.9 Å². The summed E-state index contributed by atoms with van der Waals surface area (Å²) in [6, 6.07) is 3.83. The summed E-state index contributed by atoms with van der Waals surface area (Å²) in [5, 5.41) is 2.92. The third-order valence-electron chi connectivity index (χ3n) is 2.66. The summed E-state index contributed by atoms with van der Waals surface area (Å²) < 4.78 is 0. The Morgan fingerprint density at radius 2 is 2.21 bits per heavy atom. The molecule has 1 aromatic rings. The van der Waals surface area contributed by atoms with Crippen molar-refractivity contribution in [1.29, 1.82) is 0 Å². The van der Waals surface area contributed by atoms with Crippen LogP contribution in [0.2, 0.25) is 0 Å². The Kier molecular flexibility index (Phi) is 2.48. The Balaban J connectivity index is 1.80. The van der Waals surface area contributed by atoms with Gasteiger partial charge in [-0.15, -0.1) is 0 Å². The molecule has 2 atom stereocenters. The van der Waals surface area contributed by atoms with E-state index in [2.05, 4.69) is 17.2 Å². The standard InChI is InChI=1S/C11H14N2O/c1-8-6-10(8)11(14)13-7-9-2-4-12-5-3-9/h2-5,8,10H,6-7H2,1H3,(H,13,14). The zero-order chi connectivity index (χ0) is 9.97. The summed E-state index contributed by atoms with van der Waals surface area (Å²) >= 11 is 0. The molecule has 1 fully saturated rings. The highest BCUT2D eigenvalue weighted by Crippen LogP contribution is 2.37. The highest BCUT2D eigenvalue weighted by molar-refractivity contribution is 5.81. The molecule has 14 heavy (non-hydrogen) atoms. The van der Waals surface area contributed by atoms with Gasteiger partial charge in [-0.1, -0.05) is 6.92 Å². The molecule has 1 aliphatic carbocycles. The van der Waals surface area contributed by atoms with Gasteiger partial charge in [0.1, 0.15) is 0 Å². The van der Waals surface area contributed by atoms with Gasteiger partial charge in [-0.3, -0.25) is 9.78 Å². The van der Waals surface area contributed by atoms with Crippen LogP contribution in [0.4, 0.5) is 0 Å². The van der Waals surface area contributed by atoms with E-state index >= 15 is 0 Å². The lowest BCUT2D eigenvalue weighted by Crippen LogP contribution is -2.24. The van der Waals surface area contributed by atoms with Crippen molar-refractivity contribution >= 4 is 5.91 Å². The Bertz CT molecular complexity index is 323. The Morgan fingerprint density at radius 1 is 1.57 bits per heavy atom. The van der Waals surface area contributed by atoms with Crippen molar-refractivity contribution in [3.05, 3.63) is 30.1 Å². The highest BCUT2D eigenvalue weighted by Gasteiger charge is 2.38. The average Bonchev–Trinajstić information content (AvgIpc) is 2.94. The Labute approximate surface area is 83.5 Å². The van der Waals surface area contributed by atoms with Crippen LogP contribution in [0.5, 0.6) is 0 Å². The molecule has 1 N–H and O–H groups in total. The maximum Gasteiger partial charge on any atom is 0.223 e. The summed E-state index contributed by atoms with van der Waals surface area (Å²) in [7, 11) is 0. The first kappa shape index (κ1) is 9.19. The van der Waals surface area contributed by atoms with Gasteiger partial charge in [0.15, 0.2) is 0 Å². The molecule has 2 rings (SSSR count). The van der Waals surface area contributed by atoms with E-state index in [0.29, 0.717) is 12.5 Å². The van der Waals surface area contributed by atoms with Gasteiger partial charge in [0.2, 0.25) is 5.91 Å². The molecule has 3 heteroatoms. The monoisotopic (exact) mass is 190 g/mol. The molecule has 1 heterocycles. The van der Waals surface area contributed by atoms with Crippen LogP contribution < -0.4 is 5.32 Å². The molecule has 1 aliphatic rings. The molecule has 2 unspecified atom stereocenters. The lowest BCUT2D eigenvalue weighted by atomic mass is 10.2. The van der Waals surface area contributed by atoms with Gasteiger partial charge < -0.3 is 5.32 Å². The molecule has 0 bridgehead atoms. The van der Waals surface area contributed by atoms with Crippen LogP contribution >= 0.6 is 0 Å². The summed E-state index contributed by atoms with van der Waals surface area (Å²) in [5.74, 6) is 1.03. The Hall–Kier alpha value is -1.38. The number of carbonyl (C=O) groups is 1. The van der Waals surface area contributed by atoms with Crippen LogP contribution in [-0.2, 0) is 11.3 Å². The lowest BCUT2D eigenvalue weighted by Gasteiger charge is -2.03. The van der Waals surface area contributed by atoms with Gasteiger partial charge in [0.25, 0.3) is 0 Å². The smallest absolute Gasteiger partial charge is 0.223 e. The fourth-order valence-electron chi connectivity index (χ4n) is 1.51. The SMILES string of the molecule is CC1CC1C(=O)NCc1ccncc1. The van der Waals surface area contributed by atoms with Crippen molar-refractivity contribution < 1.29 is 4.79 Å². The van der Waals surface area contributed by atoms with Crippen LogP contribution in [0.3, 0.4) is 0 Å². The topological polar surface area (TPSA) is 42.0 Å². The van der Waals surface area contributed by atoms with Gasteiger partial charge >= 0.3 is 0 Å². The molecule has 0 saturated heterocycles. The van der Waals surface area contributed by atoms with E-state index in [1.807, 2.05) is 12.1 Å². The van der Waals surface area contributed by atoms with Crippen molar-refractivity contribution in [3.8, 4) is 0 Å². The molecule has 74 valence electrons. The molecular formula is C11H14N2O. The minimum absolute atomic E-state index is 0.189. The number of hydrogen-bond donors (Lipinski definition) is 1. The fourth-order valence-corrected chi connectivity index (χ4v) is 1.51. The summed E-state index contributed by atoms with van der Waals surface area (Å²) in [5.41, 5.74) is 1.10. The van der Waals surface area contributed by atoms with Crippen LogP contribution in [-0.4, -0.2) is 10.9 Å². The number of hydrogen-bond acceptors (Lipinski definition) is 2. The number of nitrogens with one attached hydrogen (secondary N) is 1. The van der Waals surface area contributed by atoms with Crippen molar-refractivity contribution in [3.63, 3.8) is 0 Å². The predicted octanol–water partition coefficient (Wildman–Crippen LogP) is 1.35. The van der Waals surface area contributed by atoms with Crippen molar-refractivity contribution in [2.75, 3.05) is 0 Å². The van der Waals surface area contributed by atoms with Gasteiger partial charge in [-0.05, 0) is 30.0 Å². The van der Waals surface area contributed by atoms with E-state index in [1.54, 1.807) is 12.4 Å². The average molecular weight is 190 g/mol. The molecule has 0 radical (unpaired) electrons. The quantitative estimate of drug-likeness (QED) is 0.781. The number of amides is 1. The van der Waals surface area contributed by atoms with Crippen LogP contribution in [0.25, 0.3) is 0 Å². The van der Waals surface area contributed by atoms with E-state index in [4.69, 9.17) is 0 Å². The first-order valence-electron chi connectivity index (χ1n) is 4.94. The molecule has 0 aromatic carbocycles. The van der Waals surface area contributed by atoms with Crippen LogP contribution in [0.15, 0.2) is 24.5 Å². The maximum atomic E-state index is 11.5. The number of rotatable bonds is 3. The Morgan fingerprint density at radius 3 is 2.79 bits per heavy atom. The second kappa shape index (κ2) is 3.78. The number of nitrogens with zero attached hydrogens (tertiary/aromatic N) is 1. The van der Waals surface area contributed by atoms with E-state index in [1.165, 1.54) is 0 Å². The molecular weight excluding hydrogens is 176 g/mol. The number of carbonyl (C=O) groups excluding carboxylic acids is 1. The molecule has 1 amide bonds. The second-order valence-electron chi connectivity index (χ2n) is 3.89. The van der Waals surface area contributed by atoms with Gasteiger partial charge in [-0.25, -0.2) is 0 Å². The third kappa shape index (κ3) is 2.10. The molecule has 1 aromatic heterocycles. The minimum atomic E-state index is 0.189.